The molecule has 0 saturated carbocycles. The number of ether oxygens (including phenoxy) is 1. The Kier molecular flexibility index (Phi) is 8.28. The summed E-state index contributed by atoms with van der Waals surface area (Å²) in [6.45, 7) is 0.944. The molecule has 0 aromatic rings. The molecule has 0 amide bonds. The monoisotopic (exact) mass is 201 g/mol. The first-order valence-electron chi connectivity index (χ1n) is 3.16. The molecule has 3 nitrogen and oxygen atoms in total. The summed E-state index contributed by atoms with van der Waals surface area (Å²) in [4.78, 5) is 10.7. The highest BCUT2D eigenvalue weighted by molar-refractivity contribution is 5.85. The number of rotatable bonds is 1. The van der Waals surface area contributed by atoms with Crippen LogP contribution in [0.2, 0.25) is 0 Å². The van der Waals surface area contributed by atoms with Crippen LogP contribution in [0, 0.1) is 0 Å². The fourth-order valence-corrected chi connectivity index (χ4v) is 1.03. The Morgan fingerprint density at radius 3 is 2.55 bits per heavy atom. The van der Waals surface area contributed by atoms with Gasteiger partial charge in [0.2, 0.25) is 0 Å². The minimum absolute atomic E-state index is 0. The van der Waals surface area contributed by atoms with E-state index in [1.165, 1.54) is 7.11 Å². The van der Waals surface area contributed by atoms with Crippen LogP contribution in [0.1, 0.15) is 12.8 Å². The van der Waals surface area contributed by atoms with E-state index in [1.807, 2.05) is 0 Å². The molecule has 1 heterocycles. The molecule has 1 aliphatic heterocycles. The predicted octanol–water partition coefficient (Wildman–Crippen LogP) is 0.755. The maximum absolute atomic E-state index is 10.7. The van der Waals surface area contributed by atoms with Crippen LogP contribution in [-0.2, 0) is 9.53 Å². The van der Waals surface area contributed by atoms with Gasteiger partial charge in [-0.3, -0.25) is 4.79 Å². The van der Waals surface area contributed by atoms with Crippen molar-refractivity contribution in [2.45, 2.75) is 18.9 Å². The first-order chi connectivity index (χ1) is 4.34. The van der Waals surface area contributed by atoms with Gasteiger partial charge in [0.05, 0.1) is 7.11 Å². The van der Waals surface area contributed by atoms with Crippen molar-refractivity contribution < 1.29 is 9.53 Å². The van der Waals surface area contributed by atoms with Crippen molar-refractivity contribution in [3.8, 4) is 0 Å². The van der Waals surface area contributed by atoms with Gasteiger partial charge in [0.15, 0.2) is 0 Å². The SMILES string of the molecule is COC(=O)C1CCCN1.Cl.Cl. The van der Waals surface area contributed by atoms with Crippen LogP contribution < -0.4 is 5.32 Å². The lowest BCUT2D eigenvalue weighted by molar-refractivity contribution is -0.142. The van der Waals surface area contributed by atoms with Gasteiger partial charge in [-0.05, 0) is 19.4 Å². The van der Waals surface area contributed by atoms with Gasteiger partial charge >= 0.3 is 5.97 Å². The molecular weight excluding hydrogens is 189 g/mol. The summed E-state index contributed by atoms with van der Waals surface area (Å²) in [6.07, 6.45) is 2.01. The number of halogens is 2. The summed E-state index contributed by atoms with van der Waals surface area (Å²) in [6, 6.07) is -0.0324. The van der Waals surface area contributed by atoms with Gasteiger partial charge in [0.1, 0.15) is 6.04 Å². The molecule has 1 atom stereocenters. The number of nitrogens with one attached hydrogen (secondary N) is 1. The first-order valence-corrected chi connectivity index (χ1v) is 3.16. The normalized spacial score (nSPS) is 21.4. The third-order valence-corrected chi connectivity index (χ3v) is 1.55. The largest absolute Gasteiger partial charge is 0.468 e. The van der Waals surface area contributed by atoms with Crippen LogP contribution in [0.5, 0.6) is 0 Å². The molecule has 11 heavy (non-hydrogen) atoms. The van der Waals surface area contributed by atoms with Gasteiger partial charge in [-0.2, -0.15) is 0 Å². The lowest BCUT2D eigenvalue weighted by atomic mass is 10.2. The molecule has 0 radical (unpaired) electrons. The second-order valence-corrected chi connectivity index (χ2v) is 2.17. The van der Waals surface area contributed by atoms with Gasteiger partial charge in [0.25, 0.3) is 0 Å². The van der Waals surface area contributed by atoms with Gasteiger partial charge < -0.3 is 10.1 Å². The fourth-order valence-electron chi connectivity index (χ4n) is 1.03. The molecule has 0 aromatic heterocycles. The first kappa shape index (κ1) is 13.6. The number of esters is 1. The van der Waals surface area contributed by atoms with E-state index in [9.17, 15) is 4.79 Å². The van der Waals surface area contributed by atoms with Crippen LogP contribution in [0.4, 0.5) is 0 Å². The average molecular weight is 202 g/mol. The number of hydrogen-bond acceptors (Lipinski definition) is 3. The Morgan fingerprint density at radius 2 is 2.18 bits per heavy atom. The molecule has 1 rings (SSSR count). The molecule has 0 bridgehead atoms. The Morgan fingerprint density at radius 1 is 1.55 bits per heavy atom. The topological polar surface area (TPSA) is 38.3 Å². The smallest absolute Gasteiger partial charge is 0.322 e. The Hall–Kier alpha value is 0.01000. The quantitative estimate of drug-likeness (QED) is 0.638. The summed E-state index contributed by atoms with van der Waals surface area (Å²) in [5, 5.41) is 3.03. The number of carbonyl (C=O) groups excluding carboxylic acids is 1. The summed E-state index contributed by atoms with van der Waals surface area (Å²) < 4.78 is 4.53. The van der Waals surface area contributed by atoms with E-state index in [0.29, 0.717) is 0 Å². The molecule has 68 valence electrons. The van der Waals surface area contributed by atoms with E-state index in [0.717, 1.165) is 19.4 Å². The molecule has 0 aliphatic carbocycles. The third-order valence-electron chi connectivity index (χ3n) is 1.55. The maximum atomic E-state index is 10.7. The van der Waals surface area contributed by atoms with E-state index >= 15 is 0 Å². The van der Waals surface area contributed by atoms with E-state index in [-0.39, 0.29) is 36.8 Å². The van der Waals surface area contributed by atoms with E-state index in [2.05, 4.69) is 10.1 Å². The van der Waals surface area contributed by atoms with Gasteiger partial charge in [-0.25, -0.2) is 0 Å². The highest BCUT2D eigenvalue weighted by atomic mass is 35.5. The van der Waals surface area contributed by atoms with Crippen LogP contribution in [0.25, 0.3) is 0 Å². The van der Waals surface area contributed by atoms with Gasteiger partial charge in [-0.1, -0.05) is 0 Å². The zero-order valence-electron chi connectivity index (χ0n) is 6.33. The zero-order valence-corrected chi connectivity index (χ0v) is 7.96. The lowest BCUT2D eigenvalue weighted by Crippen LogP contribution is -2.31. The van der Waals surface area contributed by atoms with Crippen molar-refractivity contribution >= 4 is 30.8 Å². The van der Waals surface area contributed by atoms with Crippen molar-refractivity contribution in [2.75, 3.05) is 13.7 Å². The molecule has 1 aliphatic rings. The van der Waals surface area contributed by atoms with Gasteiger partial charge in [-0.15, -0.1) is 24.8 Å². The van der Waals surface area contributed by atoms with E-state index < -0.39 is 0 Å². The average Bonchev–Trinajstić information content (AvgIpc) is 2.37. The number of carbonyl (C=O) groups is 1. The molecule has 1 unspecified atom stereocenters. The summed E-state index contributed by atoms with van der Waals surface area (Å²) >= 11 is 0. The predicted molar refractivity (Wildman–Crippen MR) is 47.5 cm³/mol. The summed E-state index contributed by atoms with van der Waals surface area (Å²) in [7, 11) is 1.42. The summed E-state index contributed by atoms with van der Waals surface area (Å²) in [5.41, 5.74) is 0. The van der Waals surface area contributed by atoms with Crippen molar-refractivity contribution in [3.63, 3.8) is 0 Å². The minimum atomic E-state index is -0.132. The molecule has 0 spiro atoms. The number of methoxy groups -OCH3 is 1. The van der Waals surface area contributed by atoms with Gasteiger partial charge in [0, 0.05) is 0 Å². The second kappa shape index (κ2) is 6.70. The minimum Gasteiger partial charge on any atom is -0.468 e. The standard InChI is InChI=1S/C6H11NO2.2ClH/c1-9-6(8)5-3-2-4-7-5;;/h5,7H,2-4H2,1H3;2*1H. The zero-order chi connectivity index (χ0) is 6.69. The Bertz CT molecular complexity index is 115. The molecular formula is C6H13Cl2NO2. The van der Waals surface area contributed by atoms with E-state index in [4.69, 9.17) is 0 Å². The molecule has 5 heteroatoms. The van der Waals surface area contributed by atoms with Crippen molar-refractivity contribution in [1.29, 1.82) is 0 Å². The third kappa shape index (κ3) is 3.79. The second-order valence-electron chi connectivity index (χ2n) is 2.17. The van der Waals surface area contributed by atoms with Crippen LogP contribution in [-0.4, -0.2) is 25.7 Å². The van der Waals surface area contributed by atoms with Crippen LogP contribution >= 0.6 is 24.8 Å². The highest BCUT2D eigenvalue weighted by Crippen LogP contribution is 2.05. The van der Waals surface area contributed by atoms with Crippen LogP contribution in [0.3, 0.4) is 0 Å². The summed E-state index contributed by atoms with van der Waals surface area (Å²) in [5.74, 6) is -0.132. The fraction of sp³-hybridized carbons (Fsp3) is 0.833. The molecule has 1 fully saturated rings. The van der Waals surface area contributed by atoms with E-state index in [1.54, 1.807) is 0 Å². The Labute approximate surface area is 78.7 Å². The Balaban J connectivity index is 0. The number of hydrogen-bond donors (Lipinski definition) is 1. The maximum Gasteiger partial charge on any atom is 0.322 e. The molecule has 1 N–H and O–H groups in total. The molecule has 0 aromatic carbocycles. The molecule has 1 saturated heterocycles. The van der Waals surface area contributed by atoms with Crippen molar-refractivity contribution in [1.82, 2.24) is 5.32 Å². The lowest BCUT2D eigenvalue weighted by Gasteiger charge is -2.04. The highest BCUT2D eigenvalue weighted by Gasteiger charge is 2.21. The van der Waals surface area contributed by atoms with Crippen molar-refractivity contribution in [2.24, 2.45) is 0 Å². The van der Waals surface area contributed by atoms with Crippen LogP contribution in [0.15, 0.2) is 0 Å². The van der Waals surface area contributed by atoms with Crippen molar-refractivity contribution in [3.05, 3.63) is 0 Å².